The third-order valence-corrected chi connectivity index (χ3v) is 7.82. The number of hydrogen-bond donors (Lipinski definition) is 4. The fraction of sp³-hybridized carbons (Fsp3) is 0.290. The second-order valence-corrected chi connectivity index (χ2v) is 10.6. The third kappa shape index (κ3) is 6.10. The maximum Gasteiger partial charge on any atom is 0.336 e. The van der Waals surface area contributed by atoms with Gasteiger partial charge >= 0.3 is 12.0 Å². The third-order valence-electron chi connectivity index (χ3n) is 7.82. The number of fused-ring (bicyclic) bond motifs is 2. The van der Waals surface area contributed by atoms with Crippen molar-refractivity contribution >= 4 is 41.0 Å². The molecule has 3 amide bonds. The van der Waals surface area contributed by atoms with E-state index in [4.69, 9.17) is 9.47 Å². The number of carbonyl (C=O) groups excluding carboxylic acids is 2. The molecule has 0 spiro atoms. The van der Waals surface area contributed by atoms with Crippen LogP contribution >= 0.6 is 0 Å². The molecule has 2 aromatic heterocycles. The summed E-state index contributed by atoms with van der Waals surface area (Å²) in [6.07, 6.45) is 5.44. The lowest BCUT2D eigenvalue weighted by molar-refractivity contribution is -0.0497. The van der Waals surface area contributed by atoms with E-state index in [-0.39, 0.29) is 24.3 Å². The number of rotatable bonds is 9. The zero-order valence-corrected chi connectivity index (χ0v) is 24.1. The monoisotopic (exact) mass is 615 g/mol. The normalized spacial score (nSPS) is 22.4. The molecule has 1 saturated heterocycles. The van der Waals surface area contributed by atoms with Crippen molar-refractivity contribution in [2.24, 2.45) is 5.92 Å². The number of nitrogens with one attached hydrogen (secondary N) is 3. The lowest BCUT2D eigenvalue weighted by Gasteiger charge is -2.20. The van der Waals surface area contributed by atoms with E-state index in [1.807, 2.05) is 41.0 Å². The molecule has 14 heteroatoms. The first kappa shape index (κ1) is 29.8. The molecule has 0 bridgehead atoms. The van der Waals surface area contributed by atoms with E-state index >= 15 is 0 Å². The molecule has 3 heterocycles. The minimum atomic E-state index is -1.41. The van der Waals surface area contributed by atoms with Crippen LogP contribution in [0.3, 0.4) is 0 Å². The predicted octanol–water partition coefficient (Wildman–Crippen LogP) is 3.62. The Morgan fingerprint density at radius 1 is 1.04 bits per heavy atom. The van der Waals surface area contributed by atoms with Crippen molar-refractivity contribution in [2.45, 2.75) is 37.9 Å². The molecular weight excluding hydrogens is 585 g/mol. The van der Waals surface area contributed by atoms with Crippen LogP contribution in [0.25, 0.3) is 17.2 Å². The number of aromatic nitrogens is 4. The van der Waals surface area contributed by atoms with Gasteiger partial charge in [0.15, 0.2) is 23.3 Å². The number of carbonyl (C=O) groups is 3. The Labute approximate surface area is 256 Å². The van der Waals surface area contributed by atoms with Crippen LogP contribution in [0, 0.1) is 11.7 Å². The number of hydrogen-bond acceptors (Lipinski definition) is 8. The molecular formula is C31H30FN7O6. The molecule has 6 rings (SSSR count). The molecule has 1 saturated carbocycles. The SMILES string of the molecule is CCNC(=O)Nc1ncnc2c1ncn2C1CC(CNC(=O)c2c(F)cccc2C(=O)O)C2O[C@H](C=Cc3ccccc3)OC21. The zero-order valence-electron chi connectivity index (χ0n) is 24.1. The first-order chi connectivity index (χ1) is 21.8. The van der Waals surface area contributed by atoms with Gasteiger partial charge in [-0.2, -0.15) is 0 Å². The fourth-order valence-corrected chi connectivity index (χ4v) is 5.82. The van der Waals surface area contributed by atoms with Gasteiger partial charge in [-0.25, -0.2) is 28.9 Å². The van der Waals surface area contributed by atoms with E-state index in [0.29, 0.717) is 24.1 Å². The maximum atomic E-state index is 14.6. The van der Waals surface area contributed by atoms with E-state index in [1.54, 1.807) is 19.3 Å². The minimum absolute atomic E-state index is 0.0635. The van der Waals surface area contributed by atoms with Gasteiger partial charge < -0.3 is 29.8 Å². The summed E-state index contributed by atoms with van der Waals surface area (Å²) in [5.41, 5.74) is 0.855. The second kappa shape index (κ2) is 12.8. The molecule has 1 aliphatic carbocycles. The smallest absolute Gasteiger partial charge is 0.336 e. The Morgan fingerprint density at radius 3 is 2.62 bits per heavy atom. The number of ether oxygens (including phenoxy) is 2. The topological polar surface area (TPSA) is 170 Å². The summed E-state index contributed by atoms with van der Waals surface area (Å²) in [6.45, 7) is 2.30. The largest absolute Gasteiger partial charge is 0.478 e. The molecule has 2 aromatic carbocycles. The van der Waals surface area contributed by atoms with Crippen LogP contribution < -0.4 is 16.0 Å². The Bertz CT molecular complexity index is 1760. The molecule has 4 N–H and O–H groups in total. The molecule has 2 aliphatic rings. The number of aromatic carboxylic acids is 1. The molecule has 45 heavy (non-hydrogen) atoms. The van der Waals surface area contributed by atoms with Crippen molar-refractivity contribution in [3.05, 3.63) is 89.8 Å². The molecule has 5 atom stereocenters. The number of anilines is 1. The van der Waals surface area contributed by atoms with E-state index in [0.717, 1.165) is 11.6 Å². The summed E-state index contributed by atoms with van der Waals surface area (Å²) in [5, 5.41) is 17.5. The molecule has 2 fully saturated rings. The van der Waals surface area contributed by atoms with Crippen molar-refractivity contribution < 1.29 is 33.4 Å². The molecule has 0 radical (unpaired) electrons. The average Bonchev–Trinajstić information content (AvgIpc) is 3.74. The lowest BCUT2D eigenvalue weighted by atomic mass is 10.0. The summed E-state index contributed by atoms with van der Waals surface area (Å²) >= 11 is 0. The van der Waals surface area contributed by atoms with Gasteiger partial charge in [-0.05, 0) is 37.1 Å². The van der Waals surface area contributed by atoms with Gasteiger partial charge in [0, 0.05) is 19.0 Å². The highest BCUT2D eigenvalue weighted by atomic mass is 19.1. The van der Waals surface area contributed by atoms with Crippen LogP contribution in [0.2, 0.25) is 0 Å². The summed E-state index contributed by atoms with van der Waals surface area (Å²) in [4.78, 5) is 50.0. The van der Waals surface area contributed by atoms with Crippen molar-refractivity contribution in [1.29, 1.82) is 0 Å². The van der Waals surface area contributed by atoms with E-state index in [1.165, 1.54) is 18.5 Å². The molecule has 4 aromatic rings. The molecule has 1 aliphatic heterocycles. The minimum Gasteiger partial charge on any atom is -0.478 e. The quantitative estimate of drug-likeness (QED) is 0.220. The van der Waals surface area contributed by atoms with Crippen molar-refractivity contribution in [3.8, 4) is 0 Å². The number of imidazole rings is 1. The standard InChI is InChI=1S/C31H30FN7O6/c1-2-33-31(43)38-27-24-28(36-15-35-27)39(16-37-24)21-13-18(14-34-29(40)23-19(30(41)42)9-6-10-20(23)32)25-26(21)45-22(44-25)12-11-17-7-4-3-5-8-17/h3-12,15-16,18,21-22,25-26H,2,13-14H2,1H3,(H,34,40)(H,41,42)(H2,33,35,36,38,43)/t18?,21?,22-,25?,26?/m0/s1. The van der Waals surface area contributed by atoms with Crippen molar-refractivity contribution in [2.75, 3.05) is 18.4 Å². The van der Waals surface area contributed by atoms with Gasteiger partial charge in [-0.3, -0.25) is 10.1 Å². The number of carboxylic acid groups (broad SMARTS) is 1. The summed E-state index contributed by atoms with van der Waals surface area (Å²) in [5.74, 6) is -3.23. The lowest BCUT2D eigenvalue weighted by Crippen LogP contribution is -2.35. The van der Waals surface area contributed by atoms with Crippen LogP contribution in [0.15, 0.2) is 67.3 Å². The van der Waals surface area contributed by atoms with Crippen LogP contribution in [-0.4, -0.2) is 74.1 Å². The van der Waals surface area contributed by atoms with E-state index in [2.05, 4.69) is 30.9 Å². The Balaban J connectivity index is 1.27. The number of carboxylic acids is 1. The first-order valence-corrected chi connectivity index (χ1v) is 14.4. The maximum absolute atomic E-state index is 14.6. The average molecular weight is 616 g/mol. The van der Waals surface area contributed by atoms with Crippen LogP contribution in [-0.2, 0) is 9.47 Å². The van der Waals surface area contributed by atoms with Gasteiger partial charge in [-0.15, -0.1) is 0 Å². The first-order valence-electron chi connectivity index (χ1n) is 14.4. The van der Waals surface area contributed by atoms with Crippen molar-refractivity contribution in [1.82, 2.24) is 30.2 Å². The van der Waals surface area contributed by atoms with Gasteiger partial charge in [0.25, 0.3) is 5.91 Å². The Morgan fingerprint density at radius 2 is 1.84 bits per heavy atom. The van der Waals surface area contributed by atoms with Crippen LogP contribution in [0.4, 0.5) is 15.0 Å². The summed E-state index contributed by atoms with van der Waals surface area (Å²) < 4.78 is 29.1. The molecule has 13 nitrogen and oxygen atoms in total. The van der Waals surface area contributed by atoms with Crippen molar-refractivity contribution in [3.63, 3.8) is 0 Å². The summed E-state index contributed by atoms with van der Waals surface area (Å²) in [7, 11) is 0. The number of benzene rings is 2. The van der Waals surface area contributed by atoms with Gasteiger partial charge in [0.2, 0.25) is 0 Å². The van der Waals surface area contributed by atoms with Gasteiger partial charge in [0.1, 0.15) is 18.2 Å². The summed E-state index contributed by atoms with van der Waals surface area (Å²) in [6, 6.07) is 12.4. The van der Waals surface area contributed by atoms with E-state index in [9.17, 15) is 23.9 Å². The van der Waals surface area contributed by atoms with E-state index < -0.39 is 53.3 Å². The van der Waals surface area contributed by atoms with Gasteiger partial charge in [0.05, 0.1) is 29.6 Å². The Kier molecular flexibility index (Phi) is 8.49. The molecule has 232 valence electrons. The number of halogens is 1. The zero-order chi connectivity index (χ0) is 31.5. The van der Waals surface area contributed by atoms with Gasteiger partial charge in [-0.1, -0.05) is 42.5 Å². The number of amides is 3. The Hall–Kier alpha value is -5.21. The fourth-order valence-electron chi connectivity index (χ4n) is 5.82. The number of nitrogens with zero attached hydrogens (tertiary/aromatic N) is 4. The highest BCUT2D eigenvalue weighted by molar-refractivity contribution is 6.05. The second-order valence-electron chi connectivity index (χ2n) is 10.6. The predicted molar refractivity (Wildman–Crippen MR) is 160 cm³/mol. The highest BCUT2D eigenvalue weighted by Crippen LogP contribution is 2.45. The highest BCUT2D eigenvalue weighted by Gasteiger charge is 2.52. The number of urea groups is 1. The molecule has 4 unspecified atom stereocenters. The van der Waals surface area contributed by atoms with Crippen LogP contribution in [0.1, 0.15) is 45.7 Å². The van der Waals surface area contributed by atoms with Crippen LogP contribution in [0.5, 0.6) is 0 Å².